The van der Waals surface area contributed by atoms with E-state index in [1.54, 1.807) is 0 Å². The van der Waals surface area contributed by atoms with Crippen molar-refractivity contribution in [2.45, 2.75) is 133 Å². The number of nitrogens with zero attached hydrogens (tertiary/aromatic N) is 8. The average Bonchev–Trinajstić information content (AvgIpc) is 0.706. The van der Waals surface area contributed by atoms with Crippen LogP contribution in [0, 0.1) is 81.0 Å². The summed E-state index contributed by atoms with van der Waals surface area (Å²) in [7, 11) is 0. The van der Waals surface area contributed by atoms with E-state index in [0.29, 0.717) is 46.1 Å². The Hall–Kier alpha value is -13.1. The quantitative estimate of drug-likeness (QED) is 0.0994. The van der Waals surface area contributed by atoms with E-state index in [-0.39, 0.29) is 21.7 Å². The lowest BCUT2D eigenvalue weighted by Gasteiger charge is -2.63. The molecule has 8 fully saturated rings. The molecular weight excluding hydrogens is 1450 g/mol. The SMILES string of the molecule is Cc1cc(C23CC4CC(C2)CC(c2ccc(-c5ccc(-c6nc(-c7ccccc7)nc(-c7ccccc7)n6)cc5-c5ccccc5)c(C)c2)(C4)C3)ccc1-c1ccc(C#N)cc1.Cc1cc(C23CC4CC(C2)CC(c2ccc(-c5ccc(-c6nc(-c7ccccc7)nc(-c7ccccc7)n6)cc5C)c(C)c2)(C4)C3)ccc1-c1ccc(C#N)cc1. The summed E-state index contributed by atoms with van der Waals surface area (Å²) >= 11 is 0. The zero-order valence-electron chi connectivity index (χ0n) is 68.3. The van der Waals surface area contributed by atoms with Crippen molar-refractivity contribution < 1.29 is 0 Å². The van der Waals surface area contributed by atoms with Crippen LogP contribution >= 0.6 is 0 Å². The van der Waals surface area contributed by atoms with Crippen molar-refractivity contribution in [1.82, 2.24) is 29.9 Å². The van der Waals surface area contributed by atoms with E-state index < -0.39 is 0 Å². The number of rotatable bonds is 15. The number of hydrogen-bond donors (Lipinski definition) is 0. The van der Waals surface area contributed by atoms with Crippen LogP contribution in [-0.2, 0) is 21.7 Å². The van der Waals surface area contributed by atoms with E-state index in [1.165, 1.54) is 172 Å². The number of aromatic nitrogens is 6. The topological polar surface area (TPSA) is 125 Å². The van der Waals surface area contributed by atoms with Gasteiger partial charge in [0.15, 0.2) is 34.9 Å². The first-order chi connectivity index (χ1) is 58.1. The Labute approximate surface area is 699 Å². The molecule has 8 nitrogen and oxygen atoms in total. The Kier molecular flexibility index (Phi) is 19.1. The summed E-state index contributed by atoms with van der Waals surface area (Å²) in [6.07, 6.45) is 15.6. The lowest BCUT2D eigenvalue weighted by atomic mass is 9.41. The Bertz CT molecular complexity index is 6340. The van der Waals surface area contributed by atoms with Gasteiger partial charge >= 0.3 is 0 Å². The maximum absolute atomic E-state index is 9.34. The fourth-order valence-corrected chi connectivity index (χ4v) is 23.3. The molecule has 4 unspecified atom stereocenters. The van der Waals surface area contributed by atoms with Gasteiger partial charge in [-0.25, -0.2) is 29.9 Å². The van der Waals surface area contributed by atoms with Gasteiger partial charge in [0.2, 0.25) is 0 Å². The van der Waals surface area contributed by atoms with Gasteiger partial charge in [-0.15, -0.1) is 0 Å². The second kappa shape index (κ2) is 30.4. The summed E-state index contributed by atoms with van der Waals surface area (Å²) in [6.45, 7) is 11.4. The predicted octanol–water partition coefficient (Wildman–Crippen LogP) is 26.9. The molecule has 0 spiro atoms. The highest BCUT2D eigenvalue weighted by molar-refractivity contribution is 5.88. The number of benzene rings is 13. The number of aryl methyl sites for hydroxylation is 5. The molecule has 0 saturated heterocycles. The van der Waals surface area contributed by atoms with E-state index in [1.807, 2.05) is 97.1 Å². The summed E-state index contributed by atoms with van der Waals surface area (Å²) in [5, 5.41) is 18.6. The molecule has 0 N–H and O–H groups in total. The van der Waals surface area contributed by atoms with E-state index in [2.05, 4.69) is 259 Å². The molecule has 8 saturated carbocycles. The van der Waals surface area contributed by atoms with E-state index in [4.69, 9.17) is 29.9 Å². The molecule has 0 aliphatic heterocycles. The summed E-state index contributed by atoms with van der Waals surface area (Å²) in [5.41, 5.74) is 32.9. The molecule has 0 amide bonds. The van der Waals surface area contributed by atoms with Gasteiger partial charge in [-0.1, -0.05) is 273 Å². The third-order valence-corrected chi connectivity index (χ3v) is 28.0. The highest BCUT2D eigenvalue weighted by Crippen LogP contribution is 2.68. The van der Waals surface area contributed by atoms with Crippen molar-refractivity contribution in [3.8, 4) is 136 Å². The van der Waals surface area contributed by atoms with Gasteiger partial charge < -0.3 is 0 Å². The molecule has 0 radical (unpaired) electrons. The molecular formula is C111H94N8. The fraction of sp³-hybridized carbons (Fsp3) is 0.225. The van der Waals surface area contributed by atoms with Crippen LogP contribution in [0.15, 0.2) is 309 Å². The van der Waals surface area contributed by atoms with Gasteiger partial charge in [0, 0.05) is 33.4 Å². The molecule has 578 valence electrons. The van der Waals surface area contributed by atoms with Gasteiger partial charge in [-0.05, 0) is 299 Å². The third kappa shape index (κ3) is 14.1. The lowest BCUT2D eigenvalue weighted by molar-refractivity contribution is -0.0283. The highest BCUT2D eigenvalue weighted by Gasteiger charge is 2.60. The molecule has 2 aromatic heterocycles. The Morgan fingerprint density at radius 2 is 0.462 bits per heavy atom. The molecule has 23 rings (SSSR count). The molecule has 15 aromatic rings. The molecule has 13 aromatic carbocycles. The van der Waals surface area contributed by atoms with Crippen molar-refractivity contribution in [2.24, 2.45) is 23.7 Å². The number of hydrogen-bond acceptors (Lipinski definition) is 8. The minimum Gasteiger partial charge on any atom is -0.208 e. The van der Waals surface area contributed by atoms with Gasteiger partial charge in [0.1, 0.15) is 0 Å². The van der Waals surface area contributed by atoms with Crippen molar-refractivity contribution in [1.29, 1.82) is 10.5 Å². The van der Waals surface area contributed by atoms with Crippen molar-refractivity contribution in [3.05, 3.63) is 371 Å². The normalized spacial score (nSPS) is 21.5. The maximum atomic E-state index is 9.34. The van der Waals surface area contributed by atoms with Crippen LogP contribution in [-0.4, -0.2) is 29.9 Å². The minimum absolute atomic E-state index is 0.185. The van der Waals surface area contributed by atoms with Crippen LogP contribution < -0.4 is 0 Å². The van der Waals surface area contributed by atoms with Gasteiger partial charge in [0.25, 0.3) is 0 Å². The van der Waals surface area contributed by atoms with E-state index in [9.17, 15) is 10.5 Å². The van der Waals surface area contributed by atoms with Crippen molar-refractivity contribution >= 4 is 0 Å². The minimum atomic E-state index is 0.185. The molecule has 8 bridgehead atoms. The molecule has 8 aliphatic carbocycles. The summed E-state index contributed by atoms with van der Waals surface area (Å²) in [4.78, 5) is 30.0. The van der Waals surface area contributed by atoms with Crippen LogP contribution in [0.25, 0.3) is 124 Å². The largest absolute Gasteiger partial charge is 0.208 e. The first kappa shape index (κ1) is 74.7. The smallest absolute Gasteiger partial charge is 0.164 e. The van der Waals surface area contributed by atoms with Crippen molar-refractivity contribution in [3.63, 3.8) is 0 Å². The highest BCUT2D eigenvalue weighted by atomic mass is 15.0. The fourth-order valence-electron chi connectivity index (χ4n) is 23.3. The predicted molar refractivity (Wildman–Crippen MR) is 482 cm³/mol. The second-order valence-electron chi connectivity index (χ2n) is 35.8. The molecule has 8 heteroatoms. The lowest BCUT2D eigenvalue weighted by Crippen LogP contribution is -2.56. The Morgan fingerprint density at radius 3 is 0.756 bits per heavy atom. The summed E-state index contributed by atoms with van der Waals surface area (Å²) in [6, 6.07) is 115. The van der Waals surface area contributed by atoms with Crippen LogP contribution in [0.4, 0.5) is 0 Å². The van der Waals surface area contributed by atoms with Crippen LogP contribution in [0.2, 0.25) is 0 Å². The molecule has 119 heavy (non-hydrogen) atoms. The molecule has 4 atom stereocenters. The molecule has 8 aliphatic rings. The standard InChI is InChI=1S/C58H48N4.C53H46N4/c1-38-28-48(23-26-50(38)44-20-18-40(36-59)19-21-44)57-32-41-30-42(33-57)35-58(34-41,37-57)49-24-27-51(39(2)29-49)52-25-22-47(31-53(52)43-12-6-3-7-13-43)56-61-54(45-14-8-4-9-15-45)60-55(62-56)46-16-10-5-11-17-46;1-34-24-43(51-56-49(41-10-6-4-7-11-41)55-50(57-51)42-12-8-5-9-13-42)18-21-47(34)48-23-20-45(26-36(48)3)53-30-38-27-39(31-53)29-52(28-38,33-53)44-19-22-46(35(2)25-44)40-16-14-37(32-54)15-17-40/h3-29,31,41-42H,30,32-35,37H2,1-2H3;4-26,38-39H,27-31,33H2,1-3H3. The monoisotopic (exact) mass is 1540 g/mol. The molecule has 2 heterocycles. The number of nitriles is 2. The van der Waals surface area contributed by atoms with Crippen molar-refractivity contribution in [2.75, 3.05) is 0 Å². The van der Waals surface area contributed by atoms with Gasteiger partial charge in [-0.3, -0.25) is 0 Å². The van der Waals surface area contributed by atoms with Gasteiger partial charge in [0.05, 0.1) is 23.3 Å². The van der Waals surface area contributed by atoms with Crippen LogP contribution in [0.3, 0.4) is 0 Å². The zero-order chi connectivity index (χ0) is 80.6. The van der Waals surface area contributed by atoms with Crippen LogP contribution in [0.1, 0.15) is 138 Å². The van der Waals surface area contributed by atoms with Crippen LogP contribution in [0.5, 0.6) is 0 Å². The van der Waals surface area contributed by atoms with E-state index >= 15 is 0 Å². The first-order valence-corrected chi connectivity index (χ1v) is 42.6. The van der Waals surface area contributed by atoms with Gasteiger partial charge in [-0.2, -0.15) is 10.5 Å². The second-order valence-corrected chi connectivity index (χ2v) is 35.8. The van der Waals surface area contributed by atoms with E-state index in [0.717, 1.165) is 68.2 Å². The Morgan fingerprint density at radius 1 is 0.227 bits per heavy atom. The summed E-state index contributed by atoms with van der Waals surface area (Å²) in [5.74, 6) is 7.07. The first-order valence-electron chi connectivity index (χ1n) is 42.6. The third-order valence-electron chi connectivity index (χ3n) is 28.0. The average molecular weight is 1540 g/mol. The summed E-state index contributed by atoms with van der Waals surface area (Å²) < 4.78 is 0. The Balaban J connectivity index is 0.000000153. The zero-order valence-corrected chi connectivity index (χ0v) is 68.3. The maximum Gasteiger partial charge on any atom is 0.164 e.